The Kier molecular flexibility index (Phi) is 2.86. The summed E-state index contributed by atoms with van der Waals surface area (Å²) < 4.78 is 1.83. The van der Waals surface area contributed by atoms with Gasteiger partial charge in [-0.3, -0.25) is 9.89 Å². The maximum Gasteiger partial charge on any atom is 0.273 e. The Balaban J connectivity index is 2.24. The monoisotopic (exact) mass is 233 g/mol. The predicted octanol–water partition coefficient (Wildman–Crippen LogP) is 1.63. The van der Waals surface area contributed by atoms with Crippen molar-refractivity contribution in [3.8, 4) is 0 Å². The van der Waals surface area contributed by atoms with Crippen LogP contribution in [-0.4, -0.2) is 20.7 Å². The van der Waals surface area contributed by atoms with Crippen molar-refractivity contribution in [2.45, 2.75) is 19.9 Å². The van der Waals surface area contributed by atoms with Gasteiger partial charge in [-0.15, -0.1) is 0 Å². The van der Waals surface area contributed by atoms with Crippen molar-refractivity contribution >= 4 is 17.4 Å². The fourth-order valence-electron chi connectivity index (χ4n) is 1.62. The number of amides is 1. The highest BCUT2D eigenvalue weighted by Gasteiger charge is 2.15. The first-order valence-electron chi connectivity index (χ1n) is 5.36. The Morgan fingerprint density at radius 3 is 2.94 bits per heavy atom. The Hall–Kier alpha value is -2.24. The Labute approximate surface area is 98.8 Å². The van der Waals surface area contributed by atoms with E-state index in [-0.39, 0.29) is 11.9 Å². The largest absolute Gasteiger partial charge is 0.397 e. The van der Waals surface area contributed by atoms with E-state index in [1.165, 1.54) is 0 Å². The summed E-state index contributed by atoms with van der Waals surface area (Å²) >= 11 is 0. The summed E-state index contributed by atoms with van der Waals surface area (Å²) in [7, 11) is 0. The van der Waals surface area contributed by atoms with E-state index in [2.05, 4.69) is 15.5 Å². The van der Waals surface area contributed by atoms with E-state index in [1.807, 2.05) is 18.4 Å². The van der Waals surface area contributed by atoms with Crippen LogP contribution in [0.4, 0.5) is 11.5 Å². The fraction of sp³-hybridized carbons (Fsp3) is 0.273. The van der Waals surface area contributed by atoms with Crippen LogP contribution in [0, 0.1) is 0 Å². The first-order valence-corrected chi connectivity index (χ1v) is 5.36. The molecule has 2 heterocycles. The van der Waals surface area contributed by atoms with E-state index in [0.717, 1.165) is 0 Å². The lowest BCUT2D eigenvalue weighted by Gasteiger charge is -2.11. The van der Waals surface area contributed by atoms with Gasteiger partial charge < -0.3 is 15.6 Å². The maximum atomic E-state index is 12.0. The van der Waals surface area contributed by atoms with Crippen LogP contribution >= 0.6 is 0 Å². The molecule has 0 saturated heterocycles. The molecule has 2 rings (SSSR count). The minimum atomic E-state index is -0.209. The standard InChI is InChI=1S/C11H15N5O/c1-7(2)16-6-8(12)5-9(16)11(17)14-10-3-4-13-15-10/h3-7H,12H2,1-2H3,(H2,13,14,15,17). The normalized spacial score (nSPS) is 10.8. The third kappa shape index (κ3) is 2.30. The molecule has 0 atom stereocenters. The van der Waals surface area contributed by atoms with Crippen molar-refractivity contribution in [1.29, 1.82) is 0 Å². The number of hydrogen-bond donors (Lipinski definition) is 3. The lowest BCUT2D eigenvalue weighted by molar-refractivity contribution is 0.101. The molecule has 90 valence electrons. The number of carbonyl (C=O) groups excluding carboxylic acids is 1. The van der Waals surface area contributed by atoms with Gasteiger partial charge in [0.2, 0.25) is 0 Å². The van der Waals surface area contributed by atoms with Gasteiger partial charge in [0.05, 0.1) is 11.9 Å². The first kappa shape index (κ1) is 11.3. The second-order valence-corrected chi connectivity index (χ2v) is 4.08. The summed E-state index contributed by atoms with van der Waals surface area (Å²) in [5.41, 5.74) is 6.82. The molecule has 2 aromatic heterocycles. The molecule has 0 saturated carbocycles. The third-order valence-electron chi connectivity index (χ3n) is 2.41. The lowest BCUT2D eigenvalue weighted by Crippen LogP contribution is -2.17. The van der Waals surface area contributed by atoms with Gasteiger partial charge in [-0.2, -0.15) is 5.10 Å². The molecule has 6 nitrogen and oxygen atoms in total. The highest BCUT2D eigenvalue weighted by Crippen LogP contribution is 2.17. The van der Waals surface area contributed by atoms with E-state index in [1.54, 1.807) is 24.5 Å². The van der Waals surface area contributed by atoms with Crippen LogP contribution in [0.2, 0.25) is 0 Å². The zero-order valence-corrected chi connectivity index (χ0v) is 9.77. The van der Waals surface area contributed by atoms with Crippen molar-refractivity contribution in [2.24, 2.45) is 0 Å². The zero-order chi connectivity index (χ0) is 12.4. The molecule has 0 aliphatic rings. The van der Waals surface area contributed by atoms with Crippen LogP contribution < -0.4 is 11.1 Å². The minimum absolute atomic E-state index is 0.176. The SMILES string of the molecule is CC(C)n1cc(N)cc1C(=O)Nc1ccn[nH]1. The molecule has 6 heteroatoms. The topological polar surface area (TPSA) is 88.7 Å². The molecule has 4 N–H and O–H groups in total. The van der Waals surface area contributed by atoms with Crippen LogP contribution in [0.5, 0.6) is 0 Å². The second-order valence-electron chi connectivity index (χ2n) is 4.08. The van der Waals surface area contributed by atoms with Gasteiger partial charge in [-0.05, 0) is 19.9 Å². The van der Waals surface area contributed by atoms with E-state index in [0.29, 0.717) is 17.2 Å². The number of nitrogens with two attached hydrogens (primary N) is 1. The van der Waals surface area contributed by atoms with Crippen LogP contribution in [0.3, 0.4) is 0 Å². The van der Waals surface area contributed by atoms with E-state index >= 15 is 0 Å². The van der Waals surface area contributed by atoms with E-state index < -0.39 is 0 Å². The highest BCUT2D eigenvalue weighted by molar-refractivity contribution is 6.03. The van der Waals surface area contributed by atoms with Gasteiger partial charge >= 0.3 is 0 Å². The lowest BCUT2D eigenvalue weighted by atomic mass is 10.3. The molecule has 0 bridgehead atoms. The van der Waals surface area contributed by atoms with Gasteiger partial charge in [0.15, 0.2) is 0 Å². The van der Waals surface area contributed by atoms with Crippen molar-refractivity contribution < 1.29 is 4.79 Å². The first-order chi connectivity index (χ1) is 8.08. The van der Waals surface area contributed by atoms with Crippen molar-refractivity contribution in [3.63, 3.8) is 0 Å². The van der Waals surface area contributed by atoms with Gasteiger partial charge in [-0.1, -0.05) is 0 Å². The third-order valence-corrected chi connectivity index (χ3v) is 2.41. The molecule has 0 fully saturated rings. The quantitative estimate of drug-likeness (QED) is 0.752. The number of nitrogens with one attached hydrogen (secondary N) is 2. The molecule has 2 aromatic rings. The number of aromatic nitrogens is 3. The maximum absolute atomic E-state index is 12.0. The molecule has 17 heavy (non-hydrogen) atoms. The van der Waals surface area contributed by atoms with Gasteiger partial charge in [0.25, 0.3) is 5.91 Å². The average molecular weight is 233 g/mol. The number of rotatable bonds is 3. The zero-order valence-electron chi connectivity index (χ0n) is 9.77. The van der Waals surface area contributed by atoms with Gasteiger partial charge in [-0.25, -0.2) is 0 Å². The summed E-state index contributed by atoms with van der Waals surface area (Å²) in [4.78, 5) is 12.0. The fourth-order valence-corrected chi connectivity index (χ4v) is 1.62. The molecule has 0 aromatic carbocycles. The molecular formula is C11H15N5O. The van der Waals surface area contributed by atoms with Gasteiger partial charge in [0.1, 0.15) is 11.5 Å². The molecule has 0 spiro atoms. The molecule has 0 aliphatic carbocycles. The summed E-state index contributed by atoms with van der Waals surface area (Å²) in [6.07, 6.45) is 3.33. The minimum Gasteiger partial charge on any atom is -0.397 e. The van der Waals surface area contributed by atoms with Crippen molar-refractivity contribution in [1.82, 2.24) is 14.8 Å². The number of aromatic amines is 1. The number of hydrogen-bond acceptors (Lipinski definition) is 3. The predicted molar refractivity (Wildman–Crippen MR) is 65.8 cm³/mol. The molecule has 0 aliphatic heterocycles. The van der Waals surface area contributed by atoms with Crippen LogP contribution in [0.15, 0.2) is 24.5 Å². The second kappa shape index (κ2) is 4.32. The molecule has 1 amide bonds. The summed E-state index contributed by atoms with van der Waals surface area (Å²) in [5, 5.41) is 9.14. The van der Waals surface area contributed by atoms with Crippen LogP contribution in [0.25, 0.3) is 0 Å². The number of nitrogen functional groups attached to an aromatic ring is 1. The Morgan fingerprint density at radius 1 is 1.59 bits per heavy atom. The molecule has 0 unspecified atom stereocenters. The van der Waals surface area contributed by atoms with Gasteiger partial charge in [0, 0.05) is 18.3 Å². The highest BCUT2D eigenvalue weighted by atomic mass is 16.2. The number of H-pyrrole nitrogens is 1. The van der Waals surface area contributed by atoms with E-state index in [4.69, 9.17) is 5.73 Å². The Bertz CT molecular complexity index is 512. The number of anilines is 2. The summed E-state index contributed by atoms with van der Waals surface area (Å²) in [6.45, 7) is 3.98. The smallest absolute Gasteiger partial charge is 0.273 e. The molecule has 0 radical (unpaired) electrons. The number of carbonyl (C=O) groups is 1. The summed E-state index contributed by atoms with van der Waals surface area (Å²) in [6, 6.07) is 3.52. The molecular weight excluding hydrogens is 218 g/mol. The summed E-state index contributed by atoms with van der Waals surface area (Å²) in [5.74, 6) is 0.352. The van der Waals surface area contributed by atoms with Crippen molar-refractivity contribution in [2.75, 3.05) is 11.1 Å². The van der Waals surface area contributed by atoms with Crippen molar-refractivity contribution in [3.05, 3.63) is 30.2 Å². The number of nitrogens with zero attached hydrogens (tertiary/aromatic N) is 2. The average Bonchev–Trinajstić information content (AvgIpc) is 2.86. The van der Waals surface area contributed by atoms with Crippen LogP contribution in [-0.2, 0) is 0 Å². The Morgan fingerprint density at radius 2 is 2.35 bits per heavy atom. The van der Waals surface area contributed by atoms with E-state index in [9.17, 15) is 4.79 Å². The van der Waals surface area contributed by atoms with Crippen LogP contribution in [0.1, 0.15) is 30.4 Å².